The maximum absolute atomic E-state index is 14.2. The molecule has 4 rings (SSSR count). The van der Waals surface area contributed by atoms with Gasteiger partial charge < -0.3 is 19.7 Å². The third-order valence-corrected chi connectivity index (χ3v) is 8.11. The molecule has 2 unspecified atom stereocenters. The number of halogens is 1. The number of nitrogens with one attached hydrogen (secondary N) is 1. The fourth-order valence-corrected chi connectivity index (χ4v) is 5.32. The number of hydrogen-bond acceptors (Lipinski definition) is 10. The van der Waals surface area contributed by atoms with E-state index in [-0.39, 0.29) is 54.0 Å². The minimum atomic E-state index is -1.68. The monoisotopic (exact) mass is 693 g/mol. The molecule has 3 aromatic rings. The first-order valence-corrected chi connectivity index (χ1v) is 15.6. The van der Waals surface area contributed by atoms with Gasteiger partial charge in [-0.3, -0.25) is 34.3 Å². The number of Topliss-reactive ketones (excluding diaryl/α,β-unsaturated/α-hetero) is 1. The standard InChI is InChI=1S/C34H36ClN5O9/c1-6-37(33(45)39-32(44)34(5,20-48-23(4)42)19-38(39)25-10-8-7-9-11-25)18-24-17-26(40(46)47)13-15-29(24)49-30(22(3)41)31(43)36-28-16-21(2)12-14-27(28)35/h7-17,30H,6,18-20H2,1-5H3,(H,36,43). The molecule has 0 aliphatic carbocycles. The highest BCUT2D eigenvalue weighted by Gasteiger charge is 2.52. The van der Waals surface area contributed by atoms with E-state index in [0.717, 1.165) is 23.6 Å². The van der Waals surface area contributed by atoms with Gasteiger partial charge in [-0.2, -0.15) is 5.01 Å². The molecule has 3 aromatic carbocycles. The number of nitrogens with zero attached hydrogens (tertiary/aromatic N) is 4. The first-order chi connectivity index (χ1) is 23.1. The number of non-ortho nitro benzene ring substituents is 1. The molecule has 0 saturated carbocycles. The van der Waals surface area contributed by atoms with Crippen molar-refractivity contribution in [2.24, 2.45) is 5.41 Å². The van der Waals surface area contributed by atoms with Crippen LogP contribution in [0.1, 0.15) is 38.8 Å². The Bertz CT molecular complexity index is 1790. The molecule has 1 aliphatic rings. The number of hydrogen-bond donors (Lipinski definition) is 1. The van der Waals surface area contributed by atoms with Crippen molar-refractivity contribution < 1.29 is 38.4 Å². The van der Waals surface area contributed by atoms with Crippen LogP contribution in [0.4, 0.5) is 21.9 Å². The molecule has 0 aromatic heterocycles. The Morgan fingerprint density at radius 2 is 1.78 bits per heavy atom. The zero-order valence-electron chi connectivity index (χ0n) is 27.6. The normalized spacial score (nSPS) is 16.2. The number of amides is 4. The van der Waals surface area contributed by atoms with Gasteiger partial charge in [0.05, 0.1) is 34.4 Å². The number of para-hydroxylation sites is 1. The average molecular weight is 694 g/mol. The van der Waals surface area contributed by atoms with Gasteiger partial charge in [0.1, 0.15) is 17.8 Å². The van der Waals surface area contributed by atoms with Crippen molar-refractivity contribution in [2.75, 3.05) is 30.0 Å². The Hall–Kier alpha value is -5.50. The van der Waals surface area contributed by atoms with Crippen molar-refractivity contribution in [1.29, 1.82) is 0 Å². The van der Waals surface area contributed by atoms with E-state index >= 15 is 0 Å². The van der Waals surface area contributed by atoms with E-state index in [2.05, 4.69) is 5.32 Å². The van der Waals surface area contributed by atoms with Crippen LogP contribution < -0.4 is 15.1 Å². The van der Waals surface area contributed by atoms with Crippen molar-refractivity contribution >= 4 is 58.3 Å². The summed E-state index contributed by atoms with van der Waals surface area (Å²) in [6, 6.07) is 16.4. The van der Waals surface area contributed by atoms with E-state index in [1.165, 1.54) is 29.0 Å². The van der Waals surface area contributed by atoms with Crippen molar-refractivity contribution in [3.05, 3.63) is 93.0 Å². The first-order valence-electron chi connectivity index (χ1n) is 15.3. The second-order valence-corrected chi connectivity index (χ2v) is 12.2. The zero-order valence-corrected chi connectivity index (χ0v) is 28.4. The maximum Gasteiger partial charge on any atom is 0.346 e. The number of carbonyl (C=O) groups excluding carboxylic acids is 5. The summed E-state index contributed by atoms with van der Waals surface area (Å²) in [7, 11) is 0. The van der Waals surface area contributed by atoms with Crippen LogP contribution in [-0.4, -0.2) is 70.2 Å². The molecule has 1 N–H and O–H groups in total. The summed E-state index contributed by atoms with van der Waals surface area (Å²) in [5.41, 5.74) is 0.0628. The molecule has 1 saturated heterocycles. The van der Waals surface area contributed by atoms with Crippen molar-refractivity contribution in [2.45, 2.75) is 47.3 Å². The summed E-state index contributed by atoms with van der Waals surface area (Å²) < 4.78 is 11.1. The topological polar surface area (TPSA) is 169 Å². The molecular weight excluding hydrogens is 658 g/mol. The number of esters is 1. The summed E-state index contributed by atoms with van der Waals surface area (Å²) in [6.07, 6.45) is -1.68. The quantitative estimate of drug-likeness (QED) is 0.114. The van der Waals surface area contributed by atoms with E-state index in [4.69, 9.17) is 21.1 Å². The summed E-state index contributed by atoms with van der Waals surface area (Å²) in [4.78, 5) is 78.0. The number of urea groups is 1. The van der Waals surface area contributed by atoms with Crippen LogP contribution in [0.3, 0.4) is 0 Å². The van der Waals surface area contributed by atoms with Crippen LogP contribution >= 0.6 is 11.6 Å². The number of nitro benzene ring substituents is 1. The van der Waals surface area contributed by atoms with Gasteiger partial charge in [-0.1, -0.05) is 35.9 Å². The molecule has 1 aliphatic heterocycles. The average Bonchev–Trinajstić information content (AvgIpc) is 3.33. The number of imide groups is 1. The Labute approximate surface area is 287 Å². The van der Waals surface area contributed by atoms with E-state index in [9.17, 15) is 34.1 Å². The summed E-state index contributed by atoms with van der Waals surface area (Å²) >= 11 is 6.23. The number of benzene rings is 3. The summed E-state index contributed by atoms with van der Waals surface area (Å²) in [6.45, 7) is 6.87. The second kappa shape index (κ2) is 15.2. The third kappa shape index (κ3) is 8.33. The second-order valence-electron chi connectivity index (χ2n) is 11.8. The highest BCUT2D eigenvalue weighted by molar-refractivity contribution is 6.34. The number of carbonyl (C=O) groups is 5. The fraction of sp³-hybridized carbons (Fsp3) is 0.324. The molecule has 1 fully saturated rings. The molecule has 2 atom stereocenters. The first kappa shape index (κ1) is 36.3. The van der Waals surface area contributed by atoms with Crippen LogP contribution in [0.25, 0.3) is 0 Å². The molecule has 49 heavy (non-hydrogen) atoms. The number of rotatable bonds is 12. The number of ketones is 1. The van der Waals surface area contributed by atoms with Gasteiger partial charge in [0.2, 0.25) is 6.10 Å². The predicted molar refractivity (Wildman–Crippen MR) is 180 cm³/mol. The van der Waals surface area contributed by atoms with Crippen LogP contribution in [-0.2, 0) is 30.5 Å². The molecule has 15 heteroatoms. The van der Waals surface area contributed by atoms with E-state index in [1.54, 1.807) is 69.3 Å². The van der Waals surface area contributed by atoms with E-state index < -0.39 is 46.0 Å². The molecule has 0 bridgehead atoms. The van der Waals surface area contributed by atoms with E-state index in [1.807, 2.05) is 0 Å². The lowest BCUT2D eigenvalue weighted by atomic mass is 9.92. The lowest BCUT2D eigenvalue weighted by molar-refractivity contribution is -0.385. The number of nitro groups is 1. The van der Waals surface area contributed by atoms with Gasteiger partial charge in [0, 0.05) is 31.2 Å². The SMILES string of the molecule is CCN(Cc1cc([N+](=O)[O-])ccc1OC(C(C)=O)C(=O)Nc1cc(C)ccc1Cl)C(=O)N1C(=O)C(C)(COC(C)=O)CN1c1ccccc1. The minimum Gasteiger partial charge on any atom is -0.472 e. The number of anilines is 2. The van der Waals surface area contributed by atoms with Crippen molar-refractivity contribution in [3.63, 3.8) is 0 Å². The molecular formula is C34H36ClN5O9. The Kier molecular flexibility index (Phi) is 11.2. The van der Waals surface area contributed by atoms with Gasteiger partial charge in [0.15, 0.2) is 5.78 Å². The van der Waals surface area contributed by atoms with Gasteiger partial charge >= 0.3 is 12.0 Å². The molecule has 14 nitrogen and oxygen atoms in total. The minimum absolute atomic E-state index is 0.0119. The van der Waals surface area contributed by atoms with Crippen LogP contribution in [0.2, 0.25) is 5.02 Å². The molecule has 4 amide bonds. The van der Waals surface area contributed by atoms with Crippen molar-refractivity contribution in [1.82, 2.24) is 9.91 Å². The van der Waals surface area contributed by atoms with Crippen LogP contribution in [0.5, 0.6) is 5.75 Å². The fourth-order valence-electron chi connectivity index (χ4n) is 5.15. The smallest absolute Gasteiger partial charge is 0.346 e. The number of aryl methyl sites for hydroxylation is 1. The van der Waals surface area contributed by atoms with Gasteiger partial charge in [-0.15, -0.1) is 0 Å². The van der Waals surface area contributed by atoms with Crippen LogP contribution in [0.15, 0.2) is 66.7 Å². The van der Waals surface area contributed by atoms with Gasteiger partial charge in [-0.25, -0.2) is 4.79 Å². The largest absolute Gasteiger partial charge is 0.472 e. The number of hydrazine groups is 1. The summed E-state index contributed by atoms with van der Waals surface area (Å²) in [5, 5.41) is 17.0. The van der Waals surface area contributed by atoms with Gasteiger partial charge in [0.25, 0.3) is 17.5 Å². The van der Waals surface area contributed by atoms with Gasteiger partial charge in [-0.05, 0) is 63.6 Å². The molecule has 1 heterocycles. The molecule has 0 radical (unpaired) electrons. The molecule has 0 spiro atoms. The highest BCUT2D eigenvalue weighted by Crippen LogP contribution is 2.36. The molecule has 258 valence electrons. The zero-order chi connectivity index (χ0) is 36.0. The third-order valence-electron chi connectivity index (χ3n) is 7.78. The lowest BCUT2D eigenvalue weighted by Gasteiger charge is -2.32. The maximum atomic E-state index is 14.2. The summed E-state index contributed by atoms with van der Waals surface area (Å²) in [5.74, 6) is -2.78. The van der Waals surface area contributed by atoms with Crippen molar-refractivity contribution in [3.8, 4) is 5.75 Å². The Morgan fingerprint density at radius 1 is 1.08 bits per heavy atom. The number of ether oxygens (including phenoxy) is 2. The Morgan fingerprint density at radius 3 is 2.39 bits per heavy atom. The predicted octanol–water partition coefficient (Wildman–Crippen LogP) is 5.31. The lowest BCUT2D eigenvalue weighted by Crippen LogP contribution is -2.51. The Balaban J connectivity index is 1.68. The highest BCUT2D eigenvalue weighted by atomic mass is 35.5. The van der Waals surface area contributed by atoms with Crippen LogP contribution in [0, 0.1) is 22.5 Å². The van der Waals surface area contributed by atoms with E-state index in [0.29, 0.717) is 5.69 Å².